The summed E-state index contributed by atoms with van der Waals surface area (Å²) in [4.78, 5) is 0. The maximum Gasteiger partial charge on any atom is 0.00418 e. The summed E-state index contributed by atoms with van der Waals surface area (Å²) in [5.74, 6) is 5.94. The van der Waals surface area contributed by atoms with Gasteiger partial charge in [-0.1, -0.05) is 47.0 Å². The predicted octanol–water partition coefficient (Wildman–Crippen LogP) is 7.19. The van der Waals surface area contributed by atoms with Crippen LogP contribution in [0.25, 0.3) is 0 Å². The van der Waals surface area contributed by atoms with Crippen molar-refractivity contribution in [3.63, 3.8) is 0 Å². The van der Waals surface area contributed by atoms with Gasteiger partial charge >= 0.3 is 0 Å². The van der Waals surface area contributed by atoms with Crippen molar-refractivity contribution in [2.45, 2.75) is 117 Å². The van der Waals surface area contributed by atoms with E-state index < -0.39 is 0 Å². The molecule has 0 aromatic rings. The predicted molar refractivity (Wildman–Crippen MR) is 116 cm³/mol. The average molecular weight is 374 g/mol. The molecule has 0 bridgehead atoms. The fourth-order valence-corrected chi connectivity index (χ4v) is 8.82. The van der Waals surface area contributed by atoms with Gasteiger partial charge in [-0.05, 0) is 111 Å². The normalized spacial score (nSPS) is 49.6. The van der Waals surface area contributed by atoms with E-state index in [0.717, 1.165) is 35.5 Å². The first-order valence-electron chi connectivity index (χ1n) is 12.6. The Morgan fingerprint density at radius 1 is 0.852 bits per heavy atom. The second kappa shape index (κ2) is 7.66. The Morgan fingerprint density at radius 2 is 1.59 bits per heavy atom. The lowest BCUT2D eigenvalue weighted by molar-refractivity contribution is -0.113. The lowest BCUT2D eigenvalue weighted by atomic mass is 9.44. The van der Waals surface area contributed by atoms with E-state index in [9.17, 15) is 0 Å². The molecule has 0 saturated heterocycles. The molecule has 0 aromatic heterocycles. The molecule has 0 amide bonds. The van der Waals surface area contributed by atoms with Gasteiger partial charge in [0.1, 0.15) is 0 Å². The van der Waals surface area contributed by atoms with E-state index in [1.807, 2.05) is 0 Å². The Labute approximate surface area is 169 Å². The van der Waals surface area contributed by atoms with E-state index in [4.69, 9.17) is 5.73 Å². The summed E-state index contributed by atoms with van der Waals surface area (Å²) in [5.41, 5.74) is 7.66. The van der Waals surface area contributed by atoms with Crippen LogP contribution in [0, 0.1) is 46.3 Å². The second-order valence-electron chi connectivity index (χ2n) is 12.2. The molecule has 27 heavy (non-hydrogen) atoms. The number of fused-ring (bicyclic) bond motifs is 5. The van der Waals surface area contributed by atoms with Gasteiger partial charge in [-0.25, -0.2) is 0 Å². The molecule has 1 nitrogen and oxygen atoms in total. The second-order valence-corrected chi connectivity index (χ2v) is 12.2. The number of hydrogen-bond donors (Lipinski definition) is 1. The Kier molecular flexibility index (Phi) is 5.74. The van der Waals surface area contributed by atoms with Crippen LogP contribution in [0.4, 0.5) is 0 Å². The van der Waals surface area contributed by atoms with Gasteiger partial charge in [-0.15, -0.1) is 0 Å². The van der Waals surface area contributed by atoms with Gasteiger partial charge in [0.15, 0.2) is 0 Å². The van der Waals surface area contributed by atoms with E-state index in [1.54, 1.807) is 6.42 Å². The van der Waals surface area contributed by atoms with Gasteiger partial charge in [0.25, 0.3) is 0 Å². The molecule has 156 valence electrons. The molecule has 4 saturated carbocycles. The Bertz CT molecular complexity index is 512. The summed E-state index contributed by atoms with van der Waals surface area (Å²) >= 11 is 0. The molecule has 0 radical (unpaired) electrons. The smallest absolute Gasteiger partial charge is 0.00418 e. The van der Waals surface area contributed by atoms with Crippen molar-refractivity contribution in [1.82, 2.24) is 0 Å². The maximum absolute atomic E-state index is 6.37. The van der Waals surface area contributed by atoms with Gasteiger partial charge in [-0.3, -0.25) is 0 Å². The Balaban J connectivity index is 1.43. The molecule has 1 heteroatoms. The van der Waals surface area contributed by atoms with Crippen LogP contribution in [-0.4, -0.2) is 6.04 Å². The third-order valence-electron chi connectivity index (χ3n) is 10.5. The molecule has 0 aromatic carbocycles. The highest BCUT2D eigenvalue weighted by Crippen LogP contribution is 2.67. The lowest BCUT2D eigenvalue weighted by Gasteiger charge is -2.61. The molecule has 4 aliphatic rings. The zero-order chi connectivity index (χ0) is 19.2. The van der Waals surface area contributed by atoms with Crippen LogP contribution in [0.5, 0.6) is 0 Å². The topological polar surface area (TPSA) is 26.0 Å². The molecular weight excluding hydrogens is 326 g/mol. The van der Waals surface area contributed by atoms with E-state index >= 15 is 0 Å². The van der Waals surface area contributed by atoms with Crippen molar-refractivity contribution >= 4 is 0 Å². The summed E-state index contributed by atoms with van der Waals surface area (Å²) < 4.78 is 0. The summed E-state index contributed by atoms with van der Waals surface area (Å²) in [5, 5.41) is 0. The number of nitrogens with two attached hydrogens (primary N) is 1. The lowest BCUT2D eigenvalue weighted by Crippen LogP contribution is -2.54. The van der Waals surface area contributed by atoms with Crippen LogP contribution in [0.15, 0.2) is 0 Å². The number of hydrogen-bond acceptors (Lipinski definition) is 1. The Hall–Kier alpha value is -0.0400. The molecular formula is C26H47N. The highest BCUT2D eigenvalue weighted by molar-refractivity contribution is 5.09. The first-order chi connectivity index (χ1) is 12.8. The van der Waals surface area contributed by atoms with Crippen LogP contribution in [-0.2, 0) is 0 Å². The van der Waals surface area contributed by atoms with Crippen LogP contribution >= 0.6 is 0 Å². The minimum atomic E-state index is 0.496. The van der Waals surface area contributed by atoms with Gasteiger partial charge in [0, 0.05) is 6.04 Å². The largest absolute Gasteiger partial charge is 0.328 e. The van der Waals surface area contributed by atoms with Crippen molar-refractivity contribution in [1.29, 1.82) is 0 Å². The van der Waals surface area contributed by atoms with Crippen molar-refractivity contribution < 1.29 is 0 Å². The van der Waals surface area contributed by atoms with Gasteiger partial charge in [0.2, 0.25) is 0 Å². The highest BCUT2D eigenvalue weighted by Gasteiger charge is 2.59. The van der Waals surface area contributed by atoms with Crippen molar-refractivity contribution in [3.8, 4) is 0 Å². The van der Waals surface area contributed by atoms with Gasteiger partial charge in [0.05, 0.1) is 0 Å². The van der Waals surface area contributed by atoms with Crippen LogP contribution in [0.1, 0.15) is 111 Å². The van der Waals surface area contributed by atoms with Crippen molar-refractivity contribution in [3.05, 3.63) is 0 Å². The van der Waals surface area contributed by atoms with E-state index in [-0.39, 0.29) is 0 Å². The molecule has 0 aliphatic heterocycles. The fourth-order valence-electron chi connectivity index (χ4n) is 8.82. The van der Waals surface area contributed by atoms with Crippen LogP contribution in [0.3, 0.4) is 0 Å². The molecule has 4 rings (SSSR count). The summed E-state index contributed by atoms with van der Waals surface area (Å²) in [6.45, 7) is 10.2. The van der Waals surface area contributed by atoms with Crippen molar-refractivity contribution in [2.24, 2.45) is 52.1 Å². The molecule has 0 heterocycles. The maximum atomic E-state index is 6.37. The quantitative estimate of drug-likeness (QED) is 0.507. The summed E-state index contributed by atoms with van der Waals surface area (Å²) in [7, 11) is 0. The molecule has 2 N–H and O–H groups in total. The molecule has 4 unspecified atom stereocenters. The van der Waals surface area contributed by atoms with Gasteiger partial charge in [-0.2, -0.15) is 0 Å². The van der Waals surface area contributed by atoms with Crippen LogP contribution in [0.2, 0.25) is 0 Å². The first-order valence-corrected chi connectivity index (χ1v) is 12.6. The summed E-state index contributed by atoms with van der Waals surface area (Å²) in [6.07, 6.45) is 19.1. The third kappa shape index (κ3) is 3.53. The molecule has 4 aliphatic carbocycles. The Morgan fingerprint density at radius 3 is 2.37 bits per heavy atom. The first kappa shape index (κ1) is 20.2. The zero-order valence-corrected chi connectivity index (χ0v) is 18.8. The fraction of sp³-hybridized carbons (Fsp3) is 1.00. The van der Waals surface area contributed by atoms with Crippen LogP contribution < -0.4 is 5.73 Å². The summed E-state index contributed by atoms with van der Waals surface area (Å²) in [6, 6.07) is 0.496. The zero-order valence-electron chi connectivity index (χ0n) is 18.8. The van der Waals surface area contributed by atoms with E-state index in [1.165, 1.54) is 77.0 Å². The number of rotatable bonds is 5. The average Bonchev–Trinajstić information content (AvgIpc) is 2.96. The third-order valence-corrected chi connectivity index (χ3v) is 10.5. The monoisotopic (exact) mass is 373 g/mol. The highest BCUT2D eigenvalue weighted by atomic mass is 14.7. The van der Waals surface area contributed by atoms with E-state index in [0.29, 0.717) is 16.9 Å². The SMILES string of the molecule is CC(C)CCCC[C@H]1CCC2C3CCC4C[C@@H](N)CC[C@]4(C)C3CC[C@@]21C. The minimum absolute atomic E-state index is 0.496. The molecule has 4 fully saturated rings. The molecule has 8 atom stereocenters. The number of unbranched alkanes of at least 4 members (excludes halogenated alkanes) is 1. The van der Waals surface area contributed by atoms with E-state index in [2.05, 4.69) is 27.7 Å². The standard InChI is InChI=1S/C26H47N/c1-18(2)7-5-6-8-19-10-12-23-22-11-9-20-17-21(27)13-15-26(20,4)24(22)14-16-25(19,23)3/h18-24H,5-17,27H2,1-4H3/t19-,20?,21-,22?,23?,24?,25+,26-/m0/s1. The van der Waals surface area contributed by atoms with Gasteiger partial charge < -0.3 is 5.73 Å². The van der Waals surface area contributed by atoms with Crippen molar-refractivity contribution in [2.75, 3.05) is 0 Å². The molecule has 0 spiro atoms. The minimum Gasteiger partial charge on any atom is -0.328 e.